The molecule has 1 aliphatic heterocycles. The molecule has 0 aromatic carbocycles. The van der Waals surface area contributed by atoms with Crippen LogP contribution < -0.4 is 0 Å². The third-order valence-electron chi connectivity index (χ3n) is 10.3. The zero-order chi connectivity index (χ0) is 24.9. The number of rotatable bonds is 3. The van der Waals surface area contributed by atoms with Gasteiger partial charge in [-0.15, -0.1) is 0 Å². The predicted molar refractivity (Wildman–Crippen MR) is 123 cm³/mol. The average Bonchev–Trinajstić information content (AvgIpc) is 2.88. The van der Waals surface area contributed by atoms with Crippen LogP contribution in [-0.2, 0) is 28.5 Å². The van der Waals surface area contributed by atoms with Gasteiger partial charge in [0, 0.05) is 24.7 Å². The maximum atomic E-state index is 12.0. The lowest BCUT2D eigenvalue weighted by Gasteiger charge is -2.69. The highest BCUT2D eigenvalue weighted by molar-refractivity contribution is 5.66. The minimum atomic E-state index is -0.914. The summed E-state index contributed by atoms with van der Waals surface area (Å²) in [6.45, 7) is 15.7. The molecule has 34 heavy (non-hydrogen) atoms. The van der Waals surface area contributed by atoms with Gasteiger partial charge in [0.1, 0.15) is 12.7 Å². The van der Waals surface area contributed by atoms with Crippen molar-refractivity contribution < 1.29 is 33.6 Å². The second-order valence-corrected chi connectivity index (χ2v) is 12.7. The summed E-state index contributed by atoms with van der Waals surface area (Å²) in [4.78, 5) is 23.9. The molecule has 0 radical (unpaired) electrons. The van der Waals surface area contributed by atoms with Crippen molar-refractivity contribution in [2.45, 2.75) is 110 Å². The van der Waals surface area contributed by atoms with E-state index in [4.69, 9.17) is 18.9 Å². The Kier molecular flexibility index (Phi) is 5.21. The summed E-state index contributed by atoms with van der Waals surface area (Å²) in [5.41, 5.74) is -1.10. The highest BCUT2D eigenvalue weighted by atomic mass is 16.7. The number of ether oxygens (including phenoxy) is 4. The fourth-order valence-corrected chi connectivity index (χ4v) is 9.09. The monoisotopic (exact) mass is 476 g/mol. The van der Waals surface area contributed by atoms with Crippen molar-refractivity contribution in [2.24, 2.45) is 28.1 Å². The Balaban J connectivity index is 1.61. The normalized spacial score (nSPS) is 50.7. The van der Waals surface area contributed by atoms with E-state index >= 15 is 0 Å². The van der Waals surface area contributed by atoms with Crippen molar-refractivity contribution in [1.82, 2.24) is 0 Å². The maximum absolute atomic E-state index is 12.0. The van der Waals surface area contributed by atoms with Crippen LogP contribution in [-0.4, -0.2) is 53.4 Å². The van der Waals surface area contributed by atoms with Crippen molar-refractivity contribution in [2.75, 3.05) is 6.61 Å². The Morgan fingerprint density at radius 1 is 1.06 bits per heavy atom. The van der Waals surface area contributed by atoms with E-state index < -0.39 is 16.8 Å². The zero-order valence-corrected chi connectivity index (χ0v) is 21.4. The molecule has 1 heterocycles. The number of esters is 2. The highest BCUT2D eigenvalue weighted by Crippen LogP contribution is 2.75. The topological polar surface area (TPSA) is 91.3 Å². The summed E-state index contributed by atoms with van der Waals surface area (Å²) in [5.74, 6) is -1.09. The van der Waals surface area contributed by atoms with Gasteiger partial charge in [0.2, 0.25) is 0 Å². The smallest absolute Gasteiger partial charge is 0.302 e. The van der Waals surface area contributed by atoms with Crippen molar-refractivity contribution in [3.63, 3.8) is 0 Å². The molecule has 0 aromatic rings. The molecule has 0 unspecified atom stereocenters. The molecule has 4 aliphatic carbocycles. The van der Waals surface area contributed by atoms with Crippen LogP contribution in [0.5, 0.6) is 0 Å². The first-order valence-corrected chi connectivity index (χ1v) is 12.8. The Morgan fingerprint density at radius 2 is 1.76 bits per heavy atom. The molecule has 2 bridgehead atoms. The fourth-order valence-electron chi connectivity index (χ4n) is 9.09. The summed E-state index contributed by atoms with van der Waals surface area (Å²) in [5, 5.41) is 11.6. The maximum Gasteiger partial charge on any atom is 0.302 e. The third-order valence-corrected chi connectivity index (χ3v) is 10.3. The van der Waals surface area contributed by atoms with Crippen LogP contribution in [0.15, 0.2) is 12.2 Å². The van der Waals surface area contributed by atoms with Gasteiger partial charge < -0.3 is 24.1 Å². The quantitative estimate of drug-likeness (QED) is 0.488. The molecule has 9 atom stereocenters. The number of aliphatic hydroxyl groups is 1. The van der Waals surface area contributed by atoms with Gasteiger partial charge in [0.15, 0.2) is 5.79 Å². The van der Waals surface area contributed by atoms with Gasteiger partial charge >= 0.3 is 11.9 Å². The minimum Gasteiger partial charge on any atom is -0.465 e. The Morgan fingerprint density at radius 3 is 2.41 bits per heavy atom. The SMILES string of the molecule is C=C1[C@@H]2OC(C)(C)O[C@H]3C[C@@H]4[C@@](C)(COC(C)=O)[C@H](OC(C)=O)CC[C@@]4(C)[C@@H]4CC[C@]1(O)C[C@@]324. The molecule has 0 amide bonds. The number of carbonyl (C=O) groups is 2. The highest BCUT2D eigenvalue weighted by Gasteiger charge is 2.77. The van der Waals surface area contributed by atoms with E-state index in [1.807, 2.05) is 13.8 Å². The lowest BCUT2D eigenvalue weighted by Crippen LogP contribution is -2.71. The van der Waals surface area contributed by atoms with E-state index in [1.54, 1.807) is 0 Å². The Hall–Kier alpha value is -1.44. The third kappa shape index (κ3) is 3.12. The summed E-state index contributed by atoms with van der Waals surface area (Å²) >= 11 is 0. The molecule has 4 saturated carbocycles. The van der Waals surface area contributed by atoms with Gasteiger partial charge in [-0.25, -0.2) is 0 Å². The molecular formula is C27H40O7. The van der Waals surface area contributed by atoms with Crippen LogP contribution in [0.2, 0.25) is 0 Å². The molecule has 5 aliphatic rings. The number of hydrogen-bond donors (Lipinski definition) is 1. The Bertz CT molecular complexity index is 928. The van der Waals surface area contributed by atoms with E-state index in [0.29, 0.717) is 19.3 Å². The van der Waals surface area contributed by atoms with Gasteiger partial charge in [-0.2, -0.15) is 0 Å². The molecule has 5 rings (SSSR count). The van der Waals surface area contributed by atoms with Crippen LogP contribution in [0, 0.1) is 28.1 Å². The van der Waals surface area contributed by atoms with Gasteiger partial charge in [0.05, 0.1) is 17.8 Å². The van der Waals surface area contributed by atoms with E-state index in [9.17, 15) is 14.7 Å². The lowest BCUT2D eigenvalue weighted by molar-refractivity contribution is -0.378. The van der Waals surface area contributed by atoms with Crippen molar-refractivity contribution >= 4 is 11.9 Å². The molecule has 1 spiro atoms. The van der Waals surface area contributed by atoms with E-state index in [-0.39, 0.29) is 59.5 Å². The van der Waals surface area contributed by atoms with Crippen molar-refractivity contribution in [3.8, 4) is 0 Å². The summed E-state index contributed by atoms with van der Waals surface area (Å²) in [6, 6.07) is 0. The second-order valence-electron chi connectivity index (χ2n) is 12.7. The summed E-state index contributed by atoms with van der Waals surface area (Å²) < 4.78 is 24.7. The number of carbonyl (C=O) groups excluding carboxylic acids is 2. The van der Waals surface area contributed by atoms with Gasteiger partial charge in [-0.1, -0.05) is 20.4 Å². The van der Waals surface area contributed by atoms with Crippen LogP contribution in [0.4, 0.5) is 0 Å². The average molecular weight is 477 g/mol. The van der Waals surface area contributed by atoms with Crippen LogP contribution in [0.3, 0.4) is 0 Å². The molecule has 5 fully saturated rings. The molecule has 1 saturated heterocycles. The predicted octanol–water partition coefficient (Wildman–Crippen LogP) is 3.92. The molecule has 7 heteroatoms. The molecule has 1 N–H and O–H groups in total. The van der Waals surface area contributed by atoms with Crippen molar-refractivity contribution in [3.05, 3.63) is 12.2 Å². The van der Waals surface area contributed by atoms with Crippen LogP contribution >= 0.6 is 0 Å². The first kappa shape index (κ1) is 24.3. The van der Waals surface area contributed by atoms with Gasteiger partial charge in [0.25, 0.3) is 0 Å². The summed E-state index contributed by atoms with van der Waals surface area (Å²) in [6.07, 6.45) is 3.77. The first-order chi connectivity index (χ1) is 15.7. The molecule has 190 valence electrons. The van der Waals surface area contributed by atoms with Crippen LogP contribution in [0.1, 0.15) is 80.1 Å². The lowest BCUT2D eigenvalue weighted by atomic mass is 9.39. The molecule has 0 aromatic heterocycles. The van der Waals surface area contributed by atoms with Gasteiger partial charge in [-0.05, 0) is 75.2 Å². The zero-order valence-electron chi connectivity index (χ0n) is 21.4. The van der Waals surface area contributed by atoms with E-state index in [2.05, 4.69) is 20.4 Å². The van der Waals surface area contributed by atoms with Crippen molar-refractivity contribution in [1.29, 1.82) is 0 Å². The largest absolute Gasteiger partial charge is 0.465 e. The van der Waals surface area contributed by atoms with E-state index in [1.165, 1.54) is 13.8 Å². The summed E-state index contributed by atoms with van der Waals surface area (Å²) in [7, 11) is 0. The van der Waals surface area contributed by atoms with Gasteiger partial charge in [-0.3, -0.25) is 9.59 Å². The second kappa shape index (κ2) is 7.30. The first-order valence-electron chi connectivity index (χ1n) is 12.8. The minimum absolute atomic E-state index is 0.104. The van der Waals surface area contributed by atoms with E-state index in [0.717, 1.165) is 24.8 Å². The standard InChI is InChI=1S/C27H40O7/c1-15-22-27-13-26(15,30)11-8-18(27)24(6)10-9-20(32-17(3)29)25(7,14-31-16(2)28)19(24)12-21(27)33-23(4,5)34-22/h18-22,30H,1,8-14H2,2-7H3/t18-,19-,20+,21-,22-,24-,25+,26-,27+/m0/s1. The Labute approximate surface area is 202 Å². The number of hydrogen-bond acceptors (Lipinski definition) is 7. The number of fused-ring (bicyclic) bond motifs is 3. The fraction of sp³-hybridized carbons (Fsp3) is 0.852. The molecular weight excluding hydrogens is 436 g/mol. The van der Waals surface area contributed by atoms with Crippen LogP contribution in [0.25, 0.3) is 0 Å². The molecule has 7 nitrogen and oxygen atoms in total.